The molecular weight excluding hydrogens is 122 g/mol. The van der Waals surface area contributed by atoms with Gasteiger partial charge in [-0.1, -0.05) is 11.6 Å². The largest absolute Gasteiger partial charge is 0.262 e. The van der Waals surface area contributed by atoms with Crippen LogP contribution in [0.4, 0.5) is 0 Å². The van der Waals surface area contributed by atoms with E-state index in [1.165, 1.54) is 22.6 Å². The molecule has 0 spiro atoms. The molecule has 0 bridgehead atoms. The lowest BCUT2D eigenvalue weighted by molar-refractivity contribution is 1.12. The first-order chi connectivity index (χ1) is 4.75. The van der Waals surface area contributed by atoms with Gasteiger partial charge in [-0.15, -0.1) is 0 Å². The quantitative estimate of drug-likeness (QED) is 0.481. The maximum absolute atomic E-state index is 4.45. The lowest BCUT2D eigenvalue weighted by Crippen LogP contribution is -1.84. The second kappa shape index (κ2) is 1.82. The number of hydrogen-bond acceptors (Lipinski definition) is 1. The molecule has 10 heavy (non-hydrogen) atoms. The smallest absolute Gasteiger partial charge is 0.0479 e. The minimum atomic E-state index is 1.09. The molecule has 1 aliphatic heterocycles. The second-order valence-corrected chi connectivity index (χ2v) is 3.16. The van der Waals surface area contributed by atoms with Gasteiger partial charge in [0, 0.05) is 24.3 Å². The van der Waals surface area contributed by atoms with Gasteiger partial charge in [0.1, 0.15) is 0 Å². The number of rotatable bonds is 0. The summed E-state index contributed by atoms with van der Waals surface area (Å²) in [5.74, 6) is 0. The van der Waals surface area contributed by atoms with Crippen LogP contribution in [0.25, 0.3) is 0 Å². The van der Waals surface area contributed by atoms with E-state index in [-0.39, 0.29) is 0 Å². The molecule has 0 aromatic heterocycles. The van der Waals surface area contributed by atoms with E-state index < -0.39 is 0 Å². The van der Waals surface area contributed by atoms with Crippen molar-refractivity contribution in [2.75, 3.05) is 0 Å². The highest BCUT2D eigenvalue weighted by Gasteiger charge is 2.18. The summed E-state index contributed by atoms with van der Waals surface area (Å²) in [6.07, 6.45) is 4.45. The van der Waals surface area contributed by atoms with Crippen LogP contribution in [0.2, 0.25) is 0 Å². The third kappa shape index (κ3) is 0.737. The average Bonchev–Trinajstić information content (AvgIpc) is 2.21. The first-order valence-corrected chi connectivity index (χ1v) is 3.69. The van der Waals surface area contributed by atoms with Gasteiger partial charge in [-0.3, -0.25) is 4.99 Å². The topological polar surface area (TPSA) is 12.4 Å². The van der Waals surface area contributed by atoms with E-state index in [2.05, 4.69) is 24.9 Å². The van der Waals surface area contributed by atoms with Crippen LogP contribution >= 0.6 is 0 Å². The summed E-state index contributed by atoms with van der Waals surface area (Å²) in [6.45, 7) is 4.27. The van der Waals surface area contributed by atoms with Gasteiger partial charge in [0.25, 0.3) is 0 Å². The summed E-state index contributed by atoms with van der Waals surface area (Å²) < 4.78 is 0. The first kappa shape index (κ1) is 5.90. The Morgan fingerprint density at radius 1 is 1.30 bits per heavy atom. The minimum absolute atomic E-state index is 1.09. The van der Waals surface area contributed by atoms with Crippen LogP contribution in [-0.2, 0) is 0 Å². The summed E-state index contributed by atoms with van der Waals surface area (Å²) in [5.41, 5.74) is 5.50. The second-order valence-electron chi connectivity index (χ2n) is 3.16. The Morgan fingerprint density at radius 3 is 2.80 bits per heavy atom. The van der Waals surface area contributed by atoms with Gasteiger partial charge >= 0.3 is 0 Å². The normalized spacial score (nSPS) is 23.0. The van der Waals surface area contributed by atoms with Crippen molar-refractivity contribution in [3.63, 3.8) is 0 Å². The molecule has 1 nitrogen and oxygen atoms in total. The summed E-state index contributed by atoms with van der Waals surface area (Å²) in [5, 5.41) is 0. The summed E-state index contributed by atoms with van der Waals surface area (Å²) in [6, 6.07) is 0. The molecule has 0 unspecified atom stereocenters. The highest BCUT2D eigenvalue weighted by molar-refractivity contribution is 5.89. The fraction of sp³-hybridized carbons (Fsp3) is 0.444. The molecular formula is C9H11N. The van der Waals surface area contributed by atoms with E-state index in [1.807, 2.05) is 0 Å². The molecule has 0 N–H and O–H groups in total. The number of allylic oxidation sites excluding steroid dienone is 3. The van der Waals surface area contributed by atoms with Gasteiger partial charge in [0.05, 0.1) is 0 Å². The Balaban J connectivity index is 2.28. The molecule has 0 aromatic rings. The van der Waals surface area contributed by atoms with E-state index in [9.17, 15) is 0 Å². The summed E-state index contributed by atoms with van der Waals surface area (Å²) >= 11 is 0. The van der Waals surface area contributed by atoms with Crippen molar-refractivity contribution in [1.29, 1.82) is 0 Å². The molecule has 0 saturated carbocycles. The highest BCUT2D eigenvalue weighted by atomic mass is 14.8. The van der Waals surface area contributed by atoms with E-state index in [4.69, 9.17) is 0 Å². The number of hydrogen-bond donors (Lipinski definition) is 0. The fourth-order valence-electron chi connectivity index (χ4n) is 1.62. The van der Waals surface area contributed by atoms with Gasteiger partial charge < -0.3 is 0 Å². The molecule has 1 aliphatic carbocycles. The Bertz CT molecular complexity index is 238. The van der Waals surface area contributed by atoms with Gasteiger partial charge in [0.2, 0.25) is 0 Å². The lowest BCUT2D eigenvalue weighted by Gasteiger charge is -1.92. The number of aliphatic imine (C=N–C) groups is 1. The standard InChI is InChI=1S/C9H11N/c1-6-3-8-5-7(2)10-9(8)4-6/h3H,4-5H2,1-2H3. The highest BCUT2D eigenvalue weighted by Crippen LogP contribution is 2.32. The van der Waals surface area contributed by atoms with Crippen molar-refractivity contribution >= 4 is 5.71 Å². The number of nitrogens with zero attached hydrogens (tertiary/aromatic N) is 1. The van der Waals surface area contributed by atoms with Crippen molar-refractivity contribution in [2.45, 2.75) is 26.7 Å². The molecule has 2 rings (SSSR count). The average molecular weight is 133 g/mol. The molecule has 0 amide bonds. The van der Waals surface area contributed by atoms with Crippen LogP contribution in [0.3, 0.4) is 0 Å². The zero-order valence-corrected chi connectivity index (χ0v) is 6.44. The van der Waals surface area contributed by atoms with Crippen LogP contribution in [-0.4, -0.2) is 5.71 Å². The van der Waals surface area contributed by atoms with Crippen LogP contribution in [0.1, 0.15) is 26.7 Å². The van der Waals surface area contributed by atoms with Crippen LogP contribution in [0.15, 0.2) is 27.9 Å². The molecule has 0 aromatic carbocycles. The molecule has 2 aliphatic rings. The van der Waals surface area contributed by atoms with Gasteiger partial charge in [0.15, 0.2) is 0 Å². The van der Waals surface area contributed by atoms with Gasteiger partial charge in [-0.25, -0.2) is 0 Å². The minimum Gasteiger partial charge on any atom is -0.262 e. The SMILES string of the molecule is CC1=CC2=C(C1)N=C(C)C2. The molecule has 0 fully saturated rings. The van der Waals surface area contributed by atoms with Crippen LogP contribution < -0.4 is 0 Å². The molecule has 1 heterocycles. The lowest BCUT2D eigenvalue weighted by atomic mass is 10.2. The van der Waals surface area contributed by atoms with Crippen LogP contribution in [0, 0.1) is 0 Å². The maximum Gasteiger partial charge on any atom is 0.0479 e. The molecule has 52 valence electrons. The summed E-state index contributed by atoms with van der Waals surface area (Å²) in [7, 11) is 0. The first-order valence-electron chi connectivity index (χ1n) is 3.69. The zero-order valence-electron chi connectivity index (χ0n) is 6.44. The monoisotopic (exact) mass is 133 g/mol. The van der Waals surface area contributed by atoms with Crippen molar-refractivity contribution in [2.24, 2.45) is 4.99 Å². The van der Waals surface area contributed by atoms with E-state index >= 15 is 0 Å². The van der Waals surface area contributed by atoms with Gasteiger partial charge in [-0.2, -0.15) is 0 Å². The van der Waals surface area contributed by atoms with E-state index in [0.29, 0.717) is 0 Å². The molecule has 0 radical (unpaired) electrons. The predicted molar refractivity (Wildman–Crippen MR) is 43.1 cm³/mol. The van der Waals surface area contributed by atoms with Gasteiger partial charge in [-0.05, 0) is 19.4 Å². The molecule has 1 heteroatoms. The third-order valence-corrected chi connectivity index (χ3v) is 2.01. The van der Waals surface area contributed by atoms with Crippen LogP contribution in [0.5, 0.6) is 0 Å². The Morgan fingerprint density at radius 2 is 2.10 bits per heavy atom. The zero-order chi connectivity index (χ0) is 7.14. The van der Waals surface area contributed by atoms with Crippen molar-refractivity contribution in [1.82, 2.24) is 0 Å². The third-order valence-electron chi connectivity index (χ3n) is 2.01. The fourth-order valence-corrected chi connectivity index (χ4v) is 1.62. The Kier molecular flexibility index (Phi) is 1.07. The van der Waals surface area contributed by atoms with E-state index in [1.54, 1.807) is 0 Å². The van der Waals surface area contributed by atoms with Crippen molar-refractivity contribution < 1.29 is 0 Å². The van der Waals surface area contributed by atoms with Crippen molar-refractivity contribution in [3.8, 4) is 0 Å². The maximum atomic E-state index is 4.45. The summed E-state index contributed by atoms with van der Waals surface area (Å²) in [4.78, 5) is 4.45. The Labute approximate surface area is 61.2 Å². The molecule has 0 saturated heterocycles. The Hall–Kier alpha value is -0.850. The molecule has 0 atom stereocenters. The van der Waals surface area contributed by atoms with Crippen molar-refractivity contribution in [3.05, 3.63) is 22.9 Å². The predicted octanol–water partition coefficient (Wildman–Crippen LogP) is 2.46. The van der Waals surface area contributed by atoms with E-state index in [0.717, 1.165) is 12.8 Å².